The largest absolute Gasteiger partial charge is 0.450 e. The summed E-state index contributed by atoms with van der Waals surface area (Å²) < 4.78 is 43.2. The van der Waals surface area contributed by atoms with Crippen molar-refractivity contribution in [1.29, 1.82) is 0 Å². The topological polar surface area (TPSA) is 26.3 Å². The second kappa shape index (κ2) is 3.91. The van der Waals surface area contributed by atoms with Gasteiger partial charge in [0.05, 0.1) is 5.56 Å². The summed E-state index contributed by atoms with van der Waals surface area (Å²) in [5.74, 6) is -0.607. The van der Waals surface area contributed by atoms with E-state index < -0.39 is 23.8 Å². The third kappa shape index (κ3) is 2.18. The summed E-state index contributed by atoms with van der Waals surface area (Å²) in [5, 5.41) is 0. The van der Waals surface area contributed by atoms with Gasteiger partial charge in [0.1, 0.15) is 6.10 Å². The molecule has 1 aliphatic rings. The van der Waals surface area contributed by atoms with Crippen molar-refractivity contribution in [1.82, 2.24) is 0 Å². The Labute approximate surface area is 95.7 Å². The normalized spacial score (nSPS) is 20.1. The van der Waals surface area contributed by atoms with E-state index >= 15 is 0 Å². The van der Waals surface area contributed by atoms with Crippen molar-refractivity contribution < 1.29 is 22.7 Å². The summed E-state index contributed by atoms with van der Waals surface area (Å²) in [7, 11) is 0. The molecule has 0 amide bonds. The van der Waals surface area contributed by atoms with Gasteiger partial charge >= 0.3 is 12.1 Å². The Morgan fingerprint density at radius 1 is 1.24 bits per heavy atom. The SMILES string of the molecule is CC1=CC(=O)OC1c1ccccc1C(F)(F)F. The Bertz CT molecular complexity index is 489. The van der Waals surface area contributed by atoms with Crippen LogP contribution in [0.1, 0.15) is 24.2 Å². The van der Waals surface area contributed by atoms with E-state index in [0.717, 1.165) is 6.07 Å². The van der Waals surface area contributed by atoms with Crippen LogP contribution < -0.4 is 0 Å². The number of hydrogen-bond donors (Lipinski definition) is 0. The molecule has 0 N–H and O–H groups in total. The van der Waals surface area contributed by atoms with Gasteiger partial charge in [-0.05, 0) is 18.6 Å². The zero-order valence-electron chi connectivity index (χ0n) is 8.91. The molecule has 2 rings (SSSR count). The van der Waals surface area contributed by atoms with Crippen molar-refractivity contribution in [3.63, 3.8) is 0 Å². The molecule has 5 heteroatoms. The predicted molar refractivity (Wildman–Crippen MR) is 54.0 cm³/mol. The van der Waals surface area contributed by atoms with Crippen LogP contribution in [0, 0.1) is 0 Å². The van der Waals surface area contributed by atoms with Gasteiger partial charge in [0, 0.05) is 11.6 Å². The smallest absolute Gasteiger partial charge is 0.416 e. The van der Waals surface area contributed by atoms with Crippen molar-refractivity contribution in [3.05, 3.63) is 47.0 Å². The maximum absolute atomic E-state index is 12.8. The summed E-state index contributed by atoms with van der Waals surface area (Å²) in [4.78, 5) is 11.0. The van der Waals surface area contributed by atoms with Crippen LogP contribution in [0.2, 0.25) is 0 Å². The van der Waals surface area contributed by atoms with Gasteiger partial charge in [-0.2, -0.15) is 13.2 Å². The van der Waals surface area contributed by atoms with E-state index in [1.165, 1.54) is 24.3 Å². The molecule has 1 aromatic carbocycles. The van der Waals surface area contributed by atoms with Crippen molar-refractivity contribution in [2.24, 2.45) is 0 Å². The maximum Gasteiger partial charge on any atom is 0.416 e. The highest BCUT2D eigenvalue weighted by Gasteiger charge is 2.37. The molecule has 90 valence electrons. The van der Waals surface area contributed by atoms with Gasteiger partial charge in [0.25, 0.3) is 0 Å². The minimum absolute atomic E-state index is 0.0281. The first-order chi connectivity index (χ1) is 7.89. The van der Waals surface area contributed by atoms with Crippen molar-refractivity contribution >= 4 is 5.97 Å². The highest BCUT2D eigenvalue weighted by molar-refractivity contribution is 5.86. The molecular formula is C12H9F3O2. The van der Waals surface area contributed by atoms with Gasteiger partial charge in [-0.3, -0.25) is 0 Å². The highest BCUT2D eigenvalue weighted by Crippen LogP contribution is 2.39. The number of alkyl halides is 3. The molecule has 1 aromatic rings. The highest BCUT2D eigenvalue weighted by atomic mass is 19.4. The van der Waals surface area contributed by atoms with Crippen molar-refractivity contribution in [2.75, 3.05) is 0 Å². The third-order valence-corrected chi connectivity index (χ3v) is 2.54. The van der Waals surface area contributed by atoms with Crippen LogP contribution in [-0.2, 0) is 15.7 Å². The van der Waals surface area contributed by atoms with Gasteiger partial charge in [0.15, 0.2) is 0 Å². The zero-order valence-corrected chi connectivity index (χ0v) is 8.91. The Kier molecular flexibility index (Phi) is 2.69. The van der Waals surface area contributed by atoms with Crippen molar-refractivity contribution in [3.8, 4) is 0 Å². The molecule has 0 saturated heterocycles. The van der Waals surface area contributed by atoms with Gasteiger partial charge in [-0.1, -0.05) is 18.2 Å². The van der Waals surface area contributed by atoms with E-state index in [1.807, 2.05) is 0 Å². The number of carbonyl (C=O) groups is 1. The van der Waals surface area contributed by atoms with E-state index in [1.54, 1.807) is 6.92 Å². The molecule has 0 spiro atoms. The molecule has 1 unspecified atom stereocenters. The molecular weight excluding hydrogens is 233 g/mol. The molecule has 0 bridgehead atoms. The van der Waals surface area contributed by atoms with Crippen LogP contribution in [0.5, 0.6) is 0 Å². The first-order valence-corrected chi connectivity index (χ1v) is 4.94. The number of ether oxygens (including phenoxy) is 1. The Morgan fingerprint density at radius 2 is 1.88 bits per heavy atom. The number of rotatable bonds is 1. The molecule has 17 heavy (non-hydrogen) atoms. The summed E-state index contributed by atoms with van der Waals surface area (Å²) in [6.07, 6.45) is -4.18. The van der Waals surface area contributed by atoms with Crippen LogP contribution in [0.4, 0.5) is 13.2 Å². The van der Waals surface area contributed by atoms with Crippen LogP contribution in [-0.4, -0.2) is 5.97 Å². The van der Waals surface area contributed by atoms with E-state index in [-0.39, 0.29) is 5.56 Å². The fraction of sp³-hybridized carbons (Fsp3) is 0.250. The minimum Gasteiger partial charge on any atom is -0.450 e. The molecule has 0 aliphatic carbocycles. The molecule has 2 nitrogen and oxygen atoms in total. The van der Waals surface area contributed by atoms with Crippen LogP contribution in [0.25, 0.3) is 0 Å². The molecule has 0 saturated carbocycles. The maximum atomic E-state index is 12.8. The Balaban J connectivity index is 2.47. The lowest BCUT2D eigenvalue weighted by Gasteiger charge is -2.18. The lowest BCUT2D eigenvalue weighted by Crippen LogP contribution is -2.13. The molecule has 1 aliphatic heterocycles. The summed E-state index contributed by atoms with van der Waals surface area (Å²) in [6.45, 7) is 1.57. The second-order valence-electron chi connectivity index (χ2n) is 3.79. The number of esters is 1. The summed E-state index contributed by atoms with van der Waals surface area (Å²) in [6, 6.07) is 5.10. The average Bonchev–Trinajstić information content (AvgIpc) is 2.56. The minimum atomic E-state index is -4.45. The quantitative estimate of drug-likeness (QED) is 0.706. The number of hydrogen-bond acceptors (Lipinski definition) is 2. The standard InChI is InChI=1S/C12H9F3O2/c1-7-6-10(16)17-11(7)8-4-2-3-5-9(8)12(13,14)15/h2-6,11H,1H3. The first-order valence-electron chi connectivity index (χ1n) is 4.94. The number of benzene rings is 1. The van der Waals surface area contributed by atoms with E-state index in [0.29, 0.717) is 5.57 Å². The Morgan fingerprint density at radius 3 is 2.41 bits per heavy atom. The van der Waals surface area contributed by atoms with Crippen LogP contribution in [0.15, 0.2) is 35.9 Å². The molecule has 0 radical (unpaired) electrons. The van der Waals surface area contributed by atoms with Crippen LogP contribution in [0.3, 0.4) is 0 Å². The lowest BCUT2D eigenvalue weighted by molar-refractivity contribution is -0.144. The van der Waals surface area contributed by atoms with Crippen LogP contribution >= 0.6 is 0 Å². The third-order valence-electron chi connectivity index (χ3n) is 2.54. The monoisotopic (exact) mass is 242 g/mol. The van der Waals surface area contributed by atoms with E-state index in [9.17, 15) is 18.0 Å². The second-order valence-corrected chi connectivity index (χ2v) is 3.79. The van der Waals surface area contributed by atoms with Crippen molar-refractivity contribution in [2.45, 2.75) is 19.2 Å². The molecule has 1 atom stereocenters. The number of carbonyl (C=O) groups excluding carboxylic acids is 1. The zero-order chi connectivity index (χ0) is 12.6. The summed E-state index contributed by atoms with van der Waals surface area (Å²) in [5.41, 5.74) is -0.321. The molecule has 0 fully saturated rings. The Hall–Kier alpha value is -1.78. The van der Waals surface area contributed by atoms with Gasteiger partial charge in [0.2, 0.25) is 0 Å². The fourth-order valence-electron chi connectivity index (χ4n) is 1.80. The average molecular weight is 242 g/mol. The summed E-state index contributed by atoms with van der Waals surface area (Å²) >= 11 is 0. The lowest BCUT2D eigenvalue weighted by atomic mass is 9.98. The number of cyclic esters (lactones) is 1. The van der Waals surface area contributed by atoms with Gasteiger partial charge in [-0.25, -0.2) is 4.79 Å². The van der Waals surface area contributed by atoms with Gasteiger partial charge in [-0.15, -0.1) is 0 Å². The van der Waals surface area contributed by atoms with E-state index in [2.05, 4.69) is 0 Å². The van der Waals surface area contributed by atoms with E-state index in [4.69, 9.17) is 4.74 Å². The molecule has 1 heterocycles. The fourth-order valence-corrected chi connectivity index (χ4v) is 1.80. The first kappa shape index (κ1) is 11.7. The van der Waals surface area contributed by atoms with Gasteiger partial charge < -0.3 is 4.74 Å². The number of halogens is 3. The predicted octanol–water partition coefficient (Wildman–Crippen LogP) is 3.25. The molecule has 0 aromatic heterocycles.